The van der Waals surface area contributed by atoms with Gasteiger partial charge in [-0.3, -0.25) is 4.79 Å². The van der Waals surface area contributed by atoms with Gasteiger partial charge in [0.25, 0.3) is 0 Å². The highest BCUT2D eigenvalue weighted by atomic mass is 16.5. The number of rotatable bonds is 9. The predicted molar refractivity (Wildman–Crippen MR) is 134 cm³/mol. The lowest BCUT2D eigenvalue weighted by Gasteiger charge is -2.34. The highest BCUT2D eigenvalue weighted by Crippen LogP contribution is 2.27. The lowest BCUT2D eigenvalue weighted by Crippen LogP contribution is -2.45. The van der Waals surface area contributed by atoms with Gasteiger partial charge in [-0.15, -0.1) is 0 Å². The molecule has 1 amide bonds. The molecule has 0 N–H and O–H groups in total. The largest absolute Gasteiger partial charge is 0.485 e. The van der Waals surface area contributed by atoms with Crippen molar-refractivity contribution >= 4 is 27.7 Å². The van der Waals surface area contributed by atoms with Crippen LogP contribution in [0.2, 0.25) is 0 Å². The van der Waals surface area contributed by atoms with E-state index >= 15 is 0 Å². The number of hydrogen-bond acceptors (Lipinski definition) is 3. The molecule has 4 aromatic rings. The van der Waals surface area contributed by atoms with Crippen molar-refractivity contribution in [1.29, 1.82) is 0 Å². The number of carbonyl (C=O) groups is 1. The van der Waals surface area contributed by atoms with Crippen molar-refractivity contribution in [3.8, 4) is 5.75 Å². The SMILES string of the molecule is CCC(C)N(C(=O)Cn1c(COc2cccc3ccccc23)nc2ccccc21)C(C)CC. The minimum atomic E-state index is 0.119. The topological polar surface area (TPSA) is 47.4 Å². The van der Waals surface area contributed by atoms with E-state index in [0.29, 0.717) is 6.61 Å². The van der Waals surface area contributed by atoms with Crippen LogP contribution in [0.4, 0.5) is 0 Å². The van der Waals surface area contributed by atoms with Gasteiger partial charge in [-0.2, -0.15) is 0 Å². The molecule has 2 unspecified atom stereocenters. The number of fused-ring (bicyclic) bond motifs is 2. The van der Waals surface area contributed by atoms with Crippen LogP contribution >= 0.6 is 0 Å². The number of aromatic nitrogens is 2. The summed E-state index contributed by atoms with van der Waals surface area (Å²) in [7, 11) is 0. The fourth-order valence-corrected chi connectivity index (χ4v) is 4.41. The minimum absolute atomic E-state index is 0.119. The van der Waals surface area contributed by atoms with Crippen LogP contribution in [0.25, 0.3) is 21.8 Å². The van der Waals surface area contributed by atoms with E-state index in [-0.39, 0.29) is 24.5 Å². The normalized spacial score (nSPS) is 13.2. The summed E-state index contributed by atoms with van der Waals surface area (Å²) in [5.41, 5.74) is 1.83. The summed E-state index contributed by atoms with van der Waals surface area (Å²) in [5, 5.41) is 2.20. The molecular weight excluding hydrogens is 410 g/mol. The first-order valence-electron chi connectivity index (χ1n) is 11.9. The van der Waals surface area contributed by atoms with Crippen molar-refractivity contribution in [2.75, 3.05) is 0 Å². The molecule has 0 saturated heterocycles. The molecule has 5 heteroatoms. The zero-order valence-corrected chi connectivity index (χ0v) is 20.0. The Balaban J connectivity index is 1.65. The van der Waals surface area contributed by atoms with Gasteiger partial charge in [0.1, 0.15) is 24.7 Å². The van der Waals surface area contributed by atoms with E-state index in [9.17, 15) is 4.79 Å². The first kappa shape index (κ1) is 22.8. The lowest BCUT2D eigenvalue weighted by molar-refractivity contribution is -0.136. The maximum Gasteiger partial charge on any atom is 0.243 e. The van der Waals surface area contributed by atoms with Crippen molar-refractivity contribution in [1.82, 2.24) is 14.5 Å². The average Bonchev–Trinajstić information content (AvgIpc) is 3.19. The standard InChI is InChI=1S/C28H33N3O2/c1-5-20(3)31(21(4)6-2)28(32)18-30-25-16-10-9-15-24(25)29-27(30)19-33-26-17-11-13-22-12-7-8-14-23(22)26/h7-17,20-21H,5-6,18-19H2,1-4H3. The number of imidazole rings is 1. The first-order chi connectivity index (χ1) is 16.0. The summed E-state index contributed by atoms with van der Waals surface area (Å²) in [6, 6.07) is 22.6. The molecule has 0 aliphatic rings. The van der Waals surface area contributed by atoms with E-state index < -0.39 is 0 Å². The maximum absolute atomic E-state index is 13.5. The Morgan fingerprint density at radius 3 is 2.36 bits per heavy atom. The molecule has 2 atom stereocenters. The summed E-state index contributed by atoms with van der Waals surface area (Å²) in [6.07, 6.45) is 1.86. The van der Waals surface area contributed by atoms with Gasteiger partial charge >= 0.3 is 0 Å². The Kier molecular flexibility index (Phi) is 6.97. The summed E-state index contributed by atoms with van der Waals surface area (Å²) in [6.45, 7) is 9.06. The van der Waals surface area contributed by atoms with Crippen LogP contribution in [0.5, 0.6) is 5.75 Å². The molecule has 172 valence electrons. The second kappa shape index (κ2) is 10.1. The molecular formula is C28H33N3O2. The Morgan fingerprint density at radius 2 is 1.61 bits per heavy atom. The third kappa shape index (κ3) is 4.72. The number of ether oxygens (including phenoxy) is 1. The lowest BCUT2D eigenvalue weighted by atomic mass is 10.1. The number of amides is 1. The quantitative estimate of drug-likeness (QED) is 0.310. The molecule has 0 radical (unpaired) electrons. The van der Waals surface area contributed by atoms with Gasteiger partial charge in [0.2, 0.25) is 5.91 Å². The number of carbonyl (C=O) groups excluding carboxylic acids is 1. The Bertz CT molecular complexity index is 1230. The average molecular weight is 444 g/mol. The third-order valence-electron chi connectivity index (χ3n) is 6.55. The molecule has 0 aliphatic carbocycles. The van der Waals surface area contributed by atoms with Crippen molar-refractivity contribution in [2.45, 2.75) is 65.8 Å². The van der Waals surface area contributed by atoms with Gasteiger partial charge in [0.15, 0.2) is 0 Å². The number of hydrogen-bond donors (Lipinski definition) is 0. The second-order valence-corrected chi connectivity index (χ2v) is 8.68. The van der Waals surface area contributed by atoms with E-state index in [1.54, 1.807) is 0 Å². The summed E-state index contributed by atoms with van der Waals surface area (Å²) in [5.74, 6) is 1.69. The summed E-state index contributed by atoms with van der Waals surface area (Å²) >= 11 is 0. The first-order valence-corrected chi connectivity index (χ1v) is 11.9. The van der Waals surface area contributed by atoms with Gasteiger partial charge in [-0.05, 0) is 50.3 Å². The van der Waals surface area contributed by atoms with Gasteiger partial charge in [-0.1, -0.05) is 62.4 Å². The Hall–Kier alpha value is -3.34. The molecule has 0 saturated carbocycles. The smallest absolute Gasteiger partial charge is 0.243 e. The summed E-state index contributed by atoms with van der Waals surface area (Å²) in [4.78, 5) is 20.3. The molecule has 4 rings (SSSR count). The fourth-order valence-electron chi connectivity index (χ4n) is 4.41. The van der Waals surface area contributed by atoms with Crippen LogP contribution in [0.1, 0.15) is 46.4 Å². The maximum atomic E-state index is 13.5. The van der Waals surface area contributed by atoms with Crippen molar-refractivity contribution < 1.29 is 9.53 Å². The molecule has 0 fully saturated rings. The monoisotopic (exact) mass is 443 g/mol. The van der Waals surface area contributed by atoms with Crippen molar-refractivity contribution in [3.05, 3.63) is 72.6 Å². The van der Waals surface area contributed by atoms with Crippen LogP contribution in [-0.4, -0.2) is 32.4 Å². The molecule has 5 nitrogen and oxygen atoms in total. The van der Waals surface area contributed by atoms with Gasteiger partial charge in [0.05, 0.1) is 11.0 Å². The van der Waals surface area contributed by atoms with E-state index in [1.807, 2.05) is 58.0 Å². The Labute approximate surface area is 196 Å². The van der Waals surface area contributed by atoms with Gasteiger partial charge < -0.3 is 14.2 Å². The van der Waals surface area contributed by atoms with E-state index in [1.165, 1.54) is 0 Å². The van der Waals surface area contributed by atoms with Crippen LogP contribution in [0.3, 0.4) is 0 Å². The molecule has 0 spiro atoms. The van der Waals surface area contributed by atoms with E-state index in [2.05, 4.69) is 45.9 Å². The molecule has 1 aromatic heterocycles. The fraction of sp³-hybridized carbons (Fsp3) is 0.357. The highest BCUT2D eigenvalue weighted by molar-refractivity contribution is 5.88. The molecule has 3 aromatic carbocycles. The summed E-state index contributed by atoms with van der Waals surface area (Å²) < 4.78 is 8.26. The molecule has 0 bridgehead atoms. The number of benzene rings is 3. The van der Waals surface area contributed by atoms with Crippen molar-refractivity contribution in [2.24, 2.45) is 0 Å². The van der Waals surface area contributed by atoms with Crippen LogP contribution in [-0.2, 0) is 17.9 Å². The van der Waals surface area contributed by atoms with E-state index in [4.69, 9.17) is 9.72 Å². The highest BCUT2D eigenvalue weighted by Gasteiger charge is 2.25. The Morgan fingerprint density at radius 1 is 0.939 bits per heavy atom. The van der Waals surface area contributed by atoms with Crippen molar-refractivity contribution in [3.63, 3.8) is 0 Å². The van der Waals surface area contributed by atoms with Crippen LogP contribution in [0.15, 0.2) is 66.7 Å². The predicted octanol–water partition coefficient (Wildman–Crippen LogP) is 6.19. The van der Waals surface area contributed by atoms with Crippen LogP contribution < -0.4 is 4.74 Å². The number of para-hydroxylation sites is 2. The zero-order valence-electron chi connectivity index (χ0n) is 20.0. The molecule has 1 heterocycles. The second-order valence-electron chi connectivity index (χ2n) is 8.68. The molecule has 0 aliphatic heterocycles. The van der Waals surface area contributed by atoms with E-state index in [0.717, 1.165) is 46.2 Å². The van der Waals surface area contributed by atoms with Gasteiger partial charge in [-0.25, -0.2) is 4.98 Å². The third-order valence-corrected chi connectivity index (χ3v) is 6.55. The van der Waals surface area contributed by atoms with Gasteiger partial charge in [0, 0.05) is 17.5 Å². The zero-order chi connectivity index (χ0) is 23.4. The molecule has 33 heavy (non-hydrogen) atoms. The minimum Gasteiger partial charge on any atom is -0.485 e. The number of nitrogens with zero attached hydrogens (tertiary/aromatic N) is 3. The van der Waals surface area contributed by atoms with Crippen LogP contribution in [0, 0.1) is 0 Å².